The molecule has 2 atom stereocenters. The van der Waals surface area contributed by atoms with Crippen molar-refractivity contribution in [2.24, 2.45) is 5.73 Å². The number of nitrogens with two attached hydrogens (primary N) is 1. The lowest BCUT2D eigenvalue weighted by atomic mass is 10.0. The number of hydrogen-bond donors (Lipinski definition) is 2. The third-order valence-corrected chi connectivity index (χ3v) is 9.71. The first-order chi connectivity index (χ1) is 25.8. The lowest BCUT2D eigenvalue weighted by Gasteiger charge is -2.19. The molecule has 0 radical (unpaired) electrons. The molecule has 0 aliphatic rings. The number of carbonyl (C=O) groups is 2. The summed E-state index contributed by atoms with van der Waals surface area (Å²) in [4.78, 5) is 34.8. The minimum Gasteiger partial charge on any atom is -0.462 e. The van der Waals surface area contributed by atoms with Crippen molar-refractivity contribution in [3.8, 4) is 0 Å². The fourth-order valence-corrected chi connectivity index (χ4v) is 6.39. The Morgan fingerprint density at radius 2 is 1.04 bits per heavy atom. The standard InChI is InChI=1S/C43H78NO8P/c1-3-5-7-9-11-13-15-17-19-20-22-24-26-28-30-32-34-36-43(46)52-41(40-51-53(47,48)50-38-37-44)39-49-42(45)35-33-31-29-27-25-23-21-18-16-14-12-10-8-6-4-2/h5,7,11,13,17,19,22,24,41H,3-4,6,8-10,12,14-16,18,20-21,23,25-40,44H2,1-2H3,(H,47,48)/t41-/m1/s1. The molecule has 0 aromatic carbocycles. The first-order valence-corrected chi connectivity index (χ1v) is 22.6. The van der Waals surface area contributed by atoms with E-state index in [0.717, 1.165) is 70.6 Å². The maximum Gasteiger partial charge on any atom is 0.472 e. The van der Waals surface area contributed by atoms with Gasteiger partial charge in [0.15, 0.2) is 6.10 Å². The normalized spacial score (nSPS) is 13.8. The van der Waals surface area contributed by atoms with Crippen LogP contribution in [0.25, 0.3) is 0 Å². The van der Waals surface area contributed by atoms with Gasteiger partial charge in [-0.1, -0.05) is 165 Å². The van der Waals surface area contributed by atoms with Gasteiger partial charge < -0.3 is 20.1 Å². The van der Waals surface area contributed by atoms with Gasteiger partial charge in [0.05, 0.1) is 13.2 Å². The van der Waals surface area contributed by atoms with Gasteiger partial charge in [0.25, 0.3) is 0 Å². The number of esters is 2. The van der Waals surface area contributed by atoms with E-state index in [1.54, 1.807) is 0 Å². The Bertz CT molecular complexity index is 1010. The summed E-state index contributed by atoms with van der Waals surface area (Å²) in [6, 6.07) is 0. The van der Waals surface area contributed by atoms with Crippen LogP contribution in [0.3, 0.4) is 0 Å². The van der Waals surface area contributed by atoms with Gasteiger partial charge in [0, 0.05) is 19.4 Å². The summed E-state index contributed by atoms with van der Waals surface area (Å²) >= 11 is 0. The highest BCUT2D eigenvalue weighted by Gasteiger charge is 2.26. The highest BCUT2D eigenvalue weighted by molar-refractivity contribution is 7.47. The van der Waals surface area contributed by atoms with Gasteiger partial charge in [-0.15, -0.1) is 0 Å². The van der Waals surface area contributed by atoms with Crippen molar-refractivity contribution in [1.29, 1.82) is 0 Å². The molecule has 0 aliphatic carbocycles. The molecule has 0 bridgehead atoms. The van der Waals surface area contributed by atoms with E-state index < -0.39 is 26.5 Å². The molecule has 0 aromatic rings. The molecule has 0 spiro atoms. The molecule has 10 heteroatoms. The average Bonchev–Trinajstić information content (AvgIpc) is 3.14. The van der Waals surface area contributed by atoms with Gasteiger partial charge in [-0.05, 0) is 51.4 Å². The number of rotatable bonds is 39. The van der Waals surface area contributed by atoms with Crippen LogP contribution < -0.4 is 5.73 Å². The summed E-state index contributed by atoms with van der Waals surface area (Å²) in [5.74, 6) is -0.854. The number of phosphoric acid groups is 1. The van der Waals surface area contributed by atoms with E-state index in [9.17, 15) is 19.0 Å². The Morgan fingerprint density at radius 1 is 0.585 bits per heavy atom. The van der Waals surface area contributed by atoms with Crippen molar-refractivity contribution in [3.05, 3.63) is 48.6 Å². The molecule has 308 valence electrons. The van der Waals surface area contributed by atoms with Crippen LogP contribution in [0.1, 0.15) is 181 Å². The summed E-state index contributed by atoms with van der Waals surface area (Å²) in [7, 11) is -4.38. The number of phosphoric ester groups is 1. The van der Waals surface area contributed by atoms with Crippen molar-refractivity contribution in [1.82, 2.24) is 0 Å². The second-order valence-corrected chi connectivity index (χ2v) is 15.3. The van der Waals surface area contributed by atoms with Crippen LogP contribution in [0, 0.1) is 0 Å². The molecular weight excluding hydrogens is 689 g/mol. The zero-order valence-corrected chi connectivity index (χ0v) is 34.6. The molecule has 0 rings (SSSR count). The predicted octanol–water partition coefficient (Wildman–Crippen LogP) is 11.9. The smallest absolute Gasteiger partial charge is 0.462 e. The third kappa shape index (κ3) is 39.5. The monoisotopic (exact) mass is 768 g/mol. The second kappa shape index (κ2) is 39.7. The molecule has 0 amide bonds. The number of carbonyl (C=O) groups excluding carboxylic acids is 2. The fourth-order valence-electron chi connectivity index (χ4n) is 5.62. The van der Waals surface area contributed by atoms with Crippen molar-refractivity contribution in [2.45, 2.75) is 187 Å². The molecule has 9 nitrogen and oxygen atoms in total. The zero-order valence-electron chi connectivity index (χ0n) is 33.7. The van der Waals surface area contributed by atoms with Crippen LogP contribution >= 0.6 is 7.82 Å². The summed E-state index contributed by atoms with van der Waals surface area (Å²) in [6.45, 7) is 3.59. The molecule has 3 N–H and O–H groups in total. The van der Waals surface area contributed by atoms with Gasteiger partial charge >= 0.3 is 19.8 Å². The molecule has 0 aromatic heterocycles. The summed E-state index contributed by atoms with van der Waals surface area (Å²) in [5, 5.41) is 0. The molecule has 0 saturated heterocycles. The second-order valence-electron chi connectivity index (χ2n) is 13.8. The van der Waals surface area contributed by atoms with Crippen LogP contribution in [0.5, 0.6) is 0 Å². The SMILES string of the molecule is CCC=CCC=CCC=CCC=CCCCCCCC(=O)O[C@H](COC(=O)CCCCCCCCCCCCCCCCC)COP(=O)(O)OCCN. The maximum atomic E-state index is 12.6. The minimum atomic E-state index is -4.38. The van der Waals surface area contributed by atoms with E-state index in [0.29, 0.717) is 6.42 Å². The van der Waals surface area contributed by atoms with Crippen molar-refractivity contribution >= 4 is 19.8 Å². The highest BCUT2D eigenvalue weighted by atomic mass is 31.2. The summed E-state index contributed by atoms with van der Waals surface area (Å²) in [6.07, 6.45) is 44.2. The molecule has 0 saturated carbocycles. The van der Waals surface area contributed by atoms with Crippen molar-refractivity contribution < 1.29 is 37.6 Å². The topological polar surface area (TPSA) is 134 Å². The van der Waals surface area contributed by atoms with E-state index in [-0.39, 0.29) is 38.6 Å². The molecule has 53 heavy (non-hydrogen) atoms. The number of ether oxygens (including phenoxy) is 2. The van der Waals surface area contributed by atoms with Crippen molar-refractivity contribution in [3.63, 3.8) is 0 Å². The summed E-state index contributed by atoms with van der Waals surface area (Å²) < 4.78 is 32.7. The number of hydrogen-bond acceptors (Lipinski definition) is 8. The molecule has 0 aliphatic heterocycles. The van der Waals surface area contributed by atoms with Crippen LogP contribution in [0.15, 0.2) is 48.6 Å². The van der Waals surface area contributed by atoms with Gasteiger partial charge in [-0.25, -0.2) is 4.57 Å². The molecule has 0 heterocycles. The van der Waals surface area contributed by atoms with E-state index >= 15 is 0 Å². The van der Waals surface area contributed by atoms with Gasteiger partial charge in [-0.3, -0.25) is 18.6 Å². The first kappa shape index (κ1) is 51.0. The Hall–Kier alpha value is -2.03. The predicted molar refractivity (Wildman–Crippen MR) is 220 cm³/mol. The lowest BCUT2D eigenvalue weighted by molar-refractivity contribution is -0.161. The Balaban J connectivity index is 4.21. The van der Waals surface area contributed by atoms with Crippen LogP contribution in [0.4, 0.5) is 0 Å². The lowest BCUT2D eigenvalue weighted by Crippen LogP contribution is -2.29. The van der Waals surface area contributed by atoms with Gasteiger partial charge in [-0.2, -0.15) is 0 Å². The maximum absolute atomic E-state index is 12.6. The minimum absolute atomic E-state index is 0.0483. The van der Waals surface area contributed by atoms with Crippen molar-refractivity contribution in [2.75, 3.05) is 26.4 Å². The molecule has 0 fully saturated rings. The van der Waals surface area contributed by atoms with E-state index in [2.05, 4.69) is 62.5 Å². The first-order valence-electron chi connectivity index (χ1n) is 21.1. The highest BCUT2D eigenvalue weighted by Crippen LogP contribution is 2.43. The quantitative estimate of drug-likeness (QED) is 0.0271. The van der Waals surface area contributed by atoms with Gasteiger partial charge in [0.2, 0.25) is 0 Å². The van der Waals surface area contributed by atoms with Crippen LogP contribution in [-0.4, -0.2) is 49.3 Å². The van der Waals surface area contributed by atoms with E-state index in [4.69, 9.17) is 24.3 Å². The molecule has 1 unspecified atom stereocenters. The Kier molecular flexibility index (Phi) is 38.1. The zero-order chi connectivity index (χ0) is 38.9. The number of allylic oxidation sites excluding steroid dienone is 8. The van der Waals surface area contributed by atoms with Crippen LogP contribution in [0.2, 0.25) is 0 Å². The van der Waals surface area contributed by atoms with E-state index in [1.165, 1.54) is 77.0 Å². The Labute approximate surface area is 324 Å². The fraction of sp³-hybridized carbons (Fsp3) is 0.767. The third-order valence-electron chi connectivity index (χ3n) is 8.73. The Morgan fingerprint density at radius 3 is 1.55 bits per heavy atom. The van der Waals surface area contributed by atoms with Crippen LogP contribution in [-0.2, 0) is 32.7 Å². The average molecular weight is 768 g/mol. The van der Waals surface area contributed by atoms with Gasteiger partial charge in [0.1, 0.15) is 6.61 Å². The summed E-state index contributed by atoms with van der Waals surface area (Å²) in [5.41, 5.74) is 5.34. The van der Waals surface area contributed by atoms with E-state index in [1.807, 2.05) is 0 Å². The largest absolute Gasteiger partial charge is 0.472 e. The number of unbranched alkanes of at least 4 members (excludes halogenated alkanes) is 18. The molecular formula is C43H78NO8P.